The van der Waals surface area contributed by atoms with Crippen LogP contribution in [-0.2, 0) is 0 Å². The average Bonchev–Trinajstić information content (AvgIpc) is 2.49. The van der Waals surface area contributed by atoms with Gasteiger partial charge in [0.1, 0.15) is 5.75 Å². The normalized spacial score (nSPS) is 10.2. The highest BCUT2D eigenvalue weighted by Crippen LogP contribution is 2.27. The molecule has 0 heterocycles. The maximum Gasteiger partial charge on any atom is 0.187 e. The number of hydrogen-bond acceptors (Lipinski definition) is 3. The lowest BCUT2D eigenvalue weighted by molar-refractivity contribution is 0.474. The highest BCUT2D eigenvalue weighted by atomic mass is 32.1. The zero-order chi connectivity index (χ0) is 15.2. The molecule has 0 radical (unpaired) electrons. The van der Waals surface area contributed by atoms with Gasteiger partial charge in [0.25, 0.3) is 0 Å². The van der Waals surface area contributed by atoms with Gasteiger partial charge in [-0.05, 0) is 41.5 Å². The van der Waals surface area contributed by atoms with Crippen LogP contribution >= 0.6 is 12.2 Å². The third kappa shape index (κ3) is 3.78. The van der Waals surface area contributed by atoms with Crippen LogP contribution in [-0.4, -0.2) is 16.4 Å². The van der Waals surface area contributed by atoms with Crippen molar-refractivity contribution < 1.29 is 5.11 Å². The Morgan fingerprint density at radius 2 is 2.05 bits per heavy atom. The van der Waals surface area contributed by atoms with E-state index in [9.17, 15) is 5.11 Å². The molecule has 6 heteroatoms. The number of nitrogens with one attached hydrogen (secondary N) is 1. The van der Waals surface area contributed by atoms with Crippen molar-refractivity contribution >= 4 is 29.2 Å². The summed E-state index contributed by atoms with van der Waals surface area (Å²) in [6, 6.07) is 12.4. The number of aromatic hydroxyl groups is 1. The molecule has 0 aromatic heterocycles. The van der Waals surface area contributed by atoms with Crippen LogP contribution in [0, 0.1) is 6.57 Å². The molecule has 2 aromatic carbocycles. The van der Waals surface area contributed by atoms with Crippen LogP contribution in [0.5, 0.6) is 5.75 Å². The Labute approximate surface area is 127 Å². The second-order valence-electron chi connectivity index (χ2n) is 4.17. The lowest BCUT2D eigenvalue weighted by atomic mass is 10.0. The molecule has 0 aliphatic carbocycles. The van der Waals surface area contributed by atoms with Crippen LogP contribution in [0.25, 0.3) is 16.0 Å². The monoisotopic (exact) mass is 296 g/mol. The van der Waals surface area contributed by atoms with Gasteiger partial charge in [-0.2, -0.15) is 5.10 Å². The van der Waals surface area contributed by atoms with Crippen LogP contribution in [0.1, 0.15) is 5.56 Å². The molecule has 2 rings (SSSR count). The summed E-state index contributed by atoms with van der Waals surface area (Å²) in [6.45, 7) is 7.04. The van der Waals surface area contributed by atoms with E-state index in [1.807, 2.05) is 12.1 Å². The third-order valence-corrected chi connectivity index (χ3v) is 2.81. The largest absolute Gasteiger partial charge is 0.507 e. The Balaban J connectivity index is 2.36. The van der Waals surface area contributed by atoms with Gasteiger partial charge in [0.05, 0.1) is 12.8 Å². The van der Waals surface area contributed by atoms with E-state index < -0.39 is 0 Å². The van der Waals surface area contributed by atoms with E-state index in [1.54, 1.807) is 30.3 Å². The van der Waals surface area contributed by atoms with Crippen LogP contribution < -0.4 is 11.2 Å². The molecule has 104 valence electrons. The van der Waals surface area contributed by atoms with Crippen molar-refractivity contribution in [3.05, 3.63) is 59.4 Å². The number of hydrazone groups is 1. The first-order chi connectivity index (χ1) is 10.1. The van der Waals surface area contributed by atoms with Crippen molar-refractivity contribution in [2.45, 2.75) is 0 Å². The average molecular weight is 296 g/mol. The van der Waals surface area contributed by atoms with Crippen molar-refractivity contribution in [1.29, 1.82) is 0 Å². The molecule has 0 amide bonds. The third-order valence-electron chi connectivity index (χ3n) is 2.71. The summed E-state index contributed by atoms with van der Waals surface area (Å²) in [5.74, 6) is 0.0913. The summed E-state index contributed by atoms with van der Waals surface area (Å²) in [6.07, 6.45) is 1.43. The number of nitrogens with zero attached hydrogens (tertiary/aromatic N) is 2. The van der Waals surface area contributed by atoms with Crippen LogP contribution in [0.2, 0.25) is 0 Å². The van der Waals surface area contributed by atoms with Crippen molar-refractivity contribution in [1.82, 2.24) is 5.43 Å². The Morgan fingerprint density at radius 1 is 1.29 bits per heavy atom. The Hall–Kier alpha value is -2.91. The van der Waals surface area contributed by atoms with Gasteiger partial charge in [-0.3, -0.25) is 5.43 Å². The van der Waals surface area contributed by atoms with Crippen molar-refractivity contribution in [3.63, 3.8) is 0 Å². The Morgan fingerprint density at radius 3 is 2.76 bits per heavy atom. The molecule has 5 nitrogen and oxygen atoms in total. The summed E-state index contributed by atoms with van der Waals surface area (Å²) >= 11 is 4.64. The molecule has 0 aliphatic rings. The van der Waals surface area contributed by atoms with E-state index in [0.717, 1.165) is 11.1 Å². The standard InChI is InChI=1S/C15H12N4OS/c1-17-13-4-2-3-10(8-13)11-5-6-14(20)12(7-11)9-18-19-15(16)21/h2-9,20H,(H3,16,19,21)/b18-9+. The number of phenols is 1. The van der Waals surface area contributed by atoms with Gasteiger partial charge in [0.2, 0.25) is 0 Å². The topological polar surface area (TPSA) is 75.0 Å². The number of thiocarbonyl (C=S) groups is 1. The number of rotatable bonds is 3. The molecule has 0 atom stereocenters. The lowest BCUT2D eigenvalue weighted by Gasteiger charge is -2.05. The van der Waals surface area contributed by atoms with Gasteiger partial charge in [-0.15, -0.1) is 0 Å². The molecule has 0 spiro atoms. The van der Waals surface area contributed by atoms with E-state index in [0.29, 0.717) is 11.3 Å². The van der Waals surface area contributed by atoms with Gasteiger partial charge < -0.3 is 10.8 Å². The first-order valence-corrected chi connectivity index (χ1v) is 6.40. The number of phenolic OH excluding ortho intramolecular Hbond substituents is 1. The minimum atomic E-state index is 0.0478. The van der Waals surface area contributed by atoms with E-state index in [4.69, 9.17) is 12.3 Å². The Kier molecular flexibility index (Phi) is 4.49. The molecule has 0 bridgehead atoms. The number of nitrogens with two attached hydrogens (primary N) is 1. The fourth-order valence-electron chi connectivity index (χ4n) is 1.76. The fraction of sp³-hybridized carbons (Fsp3) is 0. The van der Waals surface area contributed by atoms with Crippen molar-refractivity contribution in [2.75, 3.05) is 0 Å². The highest BCUT2D eigenvalue weighted by molar-refractivity contribution is 7.80. The zero-order valence-electron chi connectivity index (χ0n) is 10.9. The summed E-state index contributed by atoms with van der Waals surface area (Å²) in [4.78, 5) is 3.40. The summed E-state index contributed by atoms with van der Waals surface area (Å²) < 4.78 is 0. The molecule has 21 heavy (non-hydrogen) atoms. The van der Waals surface area contributed by atoms with Gasteiger partial charge in [0, 0.05) is 5.56 Å². The Bertz CT molecular complexity index is 750. The predicted molar refractivity (Wildman–Crippen MR) is 87.3 cm³/mol. The first kappa shape index (κ1) is 14.5. The van der Waals surface area contributed by atoms with Crippen LogP contribution in [0.3, 0.4) is 0 Å². The molecule has 0 fully saturated rings. The molecular weight excluding hydrogens is 284 g/mol. The molecule has 0 unspecified atom stereocenters. The van der Waals surface area contributed by atoms with Crippen LogP contribution in [0.4, 0.5) is 5.69 Å². The minimum absolute atomic E-state index is 0.0478. The van der Waals surface area contributed by atoms with Crippen molar-refractivity contribution in [3.8, 4) is 16.9 Å². The SMILES string of the molecule is [C-]#[N+]c1cccc(-c2ccc(O)c(/C=N/NC(N)=S)c2)c1. The lowest BCUT2D eigenvalue weighted by Crippen LogP contribution is -2.23. The van der Waals surface area contributed by atoms with E-state index in [2.05, 4.69) is 27.6 Å². The summed E-state index contributed by atoms with van der Waals surface area (Å²) in [7, 11) is 0. The van der Waals surface area contributed by atoms with Gasteiger partial charge in [0.15, 0.2) is 10.8 Å². The molecule has 0 saturated carbocycles. The van der Waals surface area contributed by atoms with E-state index >= 15 is 0 Å². The maximum absolute atomic E-state index is 9.82. The maximum atomic E-state index is 9.82. The summed E-state index contributed by atoms with van der Waals surface area (Å²) in [5.41, 5.74) is 10.5. The fourth-order valence-corrected chi connectivity index (χ4v) is 1.81. The molecule has 0 aliphatic heterocycles. The number of benzene rings is 2. The predicted octanol–water partition coefficient (Wildman–Crippen LogP) is 2.78. The van der Waals surface area contributed by atoms with Gasteiger partial charge in [-0.25, -0.2) is 4.85 Å². The quantitative estimate of drug-likeness (QED) is 0.352. The van der Waals surface area contributed by atoms with E-state index in [1.165, 1.54) is 6.21 Å². The second-order valence-corrected chi connectivity index (χ2v) is 4.61. The summed E-state index contributed by atoms with van der Waals surface area (Å²) in [5, 5.41) is 13.7. The highest BCUT2D eigenvalue weighted by Gasteiger charge is 2.04. The first-order valence-electron chi connectivity index (χ1n) is 5.99. The second kappa shape index (κ2) is 6.50. The molecular formula is C15H12N4OS. The van der Waals surface area contributed by atoms with E-state index in [-0.39, 0.29) is 10.9 Å². The molecule has 2 aromatic rings. The minimum Gasteiger partial charge on any atom is -0.507 e. The molecule has 0 saturated heterocycles. The van der Waals surface area contributed by atoms with Gasteiger partial charge in [-0.1, -0.05) is 24.3 Å². The van der Waals surface area contributed by atoms with Crippen LogP contribution in [0.15, 0.2) is 47.6 Å². The smallest absolute Gasteiger partial charge is 0.187 e. The zero-order valence-corrected chi connectivity index (χ0v) is 11.8. The molecule has 4 N–H and O–H groups in total. The number of hydrogen-bond donors (Lipinski definition) is 3. The van der Waals surface area contributed by atoms with Crippen molar-refractivity contribution in [2.24, 2.45) is 10.8 Å². The van der Waals surface area contributed by atoms with Gasteiger partial charge >= 0.3 is 0 Å².